The Morgan fingerprint density at radius 2 is 2.23 bits per heavy atom. The minimum atomic E-state index is -1.16. The van der Waals surface area contributed by atoms with Crippen LogP contribution in [0.15, 0.2) is 18.2 Å². The zero-order valence-electron chi connectivity index (χ0n) is 6.97. The predicted molar refractivity (Wildman–Crippen MR) is 50.7 cm³/mol. The van der Waals surface area contributed by atoms with Crippen molar-refractivity contribution in [2.75, 3.05) is 0 Å². The molecular weight excluding hydrogens is 188 g/mol. The molecule has 1 aromatic carbocycles. The third kappa shape index (κ3) is 2.50. The molecule has 0 fully saturated rings. The summed E-state index contributed by atoms with van der Waals surface area (Å²) in [6.45, 7) is 1.84. The van der Waals surface area contributed by atoms with Gasteiger partial charge in [0.2, 0.25) is 0 Å². The number of hydrogen-bond donors (Lipinski definition) is 1. The Hall–Kier alpha value is -1.46. The molecule has 1 N–H and O–H groups in total. The van der Waals surface area contributed by atoms with Crippen molar-refractivity contribution in [2.45, 2.75) is 6.92 Å². The summed E-state index contributed by atoms with van der Waals surface area (Å²) in [6.07, 6.45) is 0. The van der Waals surface area contributed by atoms with Crippen LogP contribution in [0, 0.1) is 18.8 Å². The minimum absolute atomic E-state index is 0.510. The highest BCUT2D eigenvalue weighted by Gasteiger charge is 1.98. The number of carboxylic acid groups (broad SMARTS) is 1. The number of halogens is 1. The second-order valence-corrected chi connectivity index (χ2v) is 2.87. The SMILES string of the molecule is Cc1cccc(C#CC(=O)O)c1Cl. The number of aryl methyl sites for hydroxylation is 1. The van der Waals surface area contributed by atoms with Crippen molar-refractivity contribution in [3.63, 3.8) is 0 Å². The average molecular weight is 195 g/mol. The zero-order chi connectivity index (χ0) is 9.84. The smallest absolute Gasteiger partial charge is 0.382 e. The molecule has 0 bridgehead atoms. The Morgan fingerprint density at radius 1 is 1.54 bits per heavy atom. The van der Waals surface area contributed by atoms with Crippen LogP contribution in [0.25, 0.3) is 0 Å². The third-order valence-corrected chi connectivity index (χ3v) is 2.00. The first-order chi connectivity index (χ1) is 6.11. The quantitative estimate of drug-likeness (QED) is 0.642. The number of benzene rings is 1. The van der Waals surface area contributed by atoms with Gasteiger partial charge in [0.15, 0.2) is 0 Å². The summed E-state index contributed by atoms with van der Waals surface area (Å²) in [5, 5.41) is 8.83. The maximum absolute atomic E-state index is 10.2. The van der Waals surface area contributed by atoms with Gasteiger partial charge in [-0.1, -0.05) is 29.7 Å². The Balaban J connectivity index is 3.11. The summed E-state index contributed by atoms with van der Waals surface area (Å²) in [5.74, 6) is 3.33. The van der Waals surface area contributed by atoms with E-state index in [9.17, 15) is 4.79 Å². The summed E-state index contributed by atoms with van der Waals surface area (Å²) >= 11 is 5.88. The molecular formula is C10H7ClO2. The lowest BCUT2D eigenvalue weighted by atomic mass is 10.1. The van der Waals surface area contributed by atoms with E-state index >= 15 is 0 Å². The first kappa shape index (κ1) is 9.63. The Bertz CT molecular complexity index is 399. The lowest BCUT2D eigenvalue weighted by molar-refractivity contribution is -0.130. The Kier molecular flexibility index (Phi) is 2.94. The summed E-state index contributed by atoms with van der Waals surface area (Å²) in [6, 6.07) is 5.31. The van der Waals surface area contributed by atoms with Crippen LogP contribution in [0.3, 0.4) is 0 Å². The first-order valence-corrected chi connectivity index (χ1v) is 3.99. The molecule has 1 aromatic rings. The molecule has 2 nitrogen and oxygen atoms in total. The van der Waals surface area contributed by atoms with Crippen LogP contribution in [0.1, 0.15) is 11.1 Å². The predicted octanol–water partition coefficient (Wildman–Crippen LogP) is 2.08. The van der Waals surface area contributed by atoms with Gasteiger partial charge in [-0.05, 0) is 18.6 Å². The van der Waals surface area contributed by atoms with Gasteiger partial charge in [-0.3, -0.25) is 0 Å². The van der Waals surface area contributed by atoms with Crippen molar-refractivity contribution in [1.82, 2.24) is 0 Å². The van der Waals surface area contributed by atoms with E-state index in [1.165, 1.54) is 0 Å². The monoisotopic (exact) mass is 194 g/mol. The Labute approximate surface area is 81.1 Å². The number of aliphatic carboxylic acids is 1. The summed E-state index contributed by atoms with van der Waals surface area (Å²) in [4.78, 5) is 10.2. The molecule has 0 saturated heterocycles. The lowest BCUT2D eigenvalue weighted by Gasteiger charge is -1.98. The highest BCUT2D eigenvalue weighted by molar-refractivity contribution is 6.32. The molecule has 0 saturated carbocycles. The van der Waals surface area contributed by atoms with Crippen molar-refractivity contribution in [1.29, 1.82) is 0 Å². The molecule has 66 valence electrons. The summed E-state index contributed by atoms with van der Waals surface area (Å²) < 4.78 is 0. The van der Waals surface area contributed by atoms with Gasteiger partial charge in [0.05, 0.1) is 5.02 Å². The van der Waals surface area contributed by atoms with Gasteiger partial charge in [-0.2, -0.15) is 0 Å². The number of rotatable bonds is 0. The van der Waals surface area contributed by atoms with Crippen molar-refractivity contribution >= 4 is 17.6 Å². The lowest BCUT2D eigenvalue weighted by Crippen LogP contribution is -1.88. The van der Waals surface area contributed by atoms with E-state index in [1.54, 1.807) is 12.1 Å². The molecule has 0 atom stereocenters. The van der Waals surface area contributed by atoms with Crippen LogP contribution in [0.2, 0.25) is 5.02 Å². The molecule has 13 heavy (non-hydrogen) atoms. The van der Waals surface area contributed by atoms with Crippen molar-refractivity contribution in [3.8, 4) is 11.8 Å². The van der Waals surface area contributed by atoms with E-state index in [4.69, 9.17) is 16.7 Å². The van der Waals surface area contributed by atoms with Gasteiger partial charge in [-0.25, -0.2) is 4.79 Å². The number of hydrogen-bond acceptors (Lipinski definition) is 1. The standard InChI is InChI=1S/C10H7ClO2/c1-7-3-2-4-8(10(7)11)5-6-9(12)13/h2-4H,1H3,(H,12,13). The molecule has 0 amide bonds. The third-order valence-electron chi connectivity index (χ3n) is 1.50. The fourth-order valence-electron chi connectivity index (χ4n) is 0.865. The molecule has 1 rings (SSSR count). The van der Waals surface area contributed by atoms with E-state index in [0.29, 0.717) is 10.6 Å². The summed E-state index contributed by atoms with van der Waals surface area (Å²) in [7, 11) is 0. The molecule has 0 spiro atoms. The topological polar surface area (TPSA) is 37.3 Å². The minimum Gasteiger partial charge on any atom is -0.472 e. The number of carboxylic acids is 1. The fourth-order valence-corrected chi connectivity index (χ4v) is 1.04. The molecule has 0 radical (unpaired) electrons. The first-order valence-electron chi connectivity index (χ1n) is 3.61. The van der Waals surface area contributed by atoms with Crippen LogP contribution in [-0.2, 0) is 4.79 Å². The Morgan fingerprint density at radius 3 is 2.85 bits per heavy atom. The highest BCUT2D eigenvalue weighted by atomic mass is 35.5. The van der Waals surface area contributed by atoms with Crippen LogP contribution in [0.5, 0.6) is 0 Å². The highest BCUT2D eigenvalue weighted by Crippen LogP contribution is 2.18. The molecule has 0 aliphatic rings. The van der Waals surface area contributed by atoms with Gasteiger partial charge in [-0.15, -0.1) is 0 Å². The zero-order valence-corrected chi connectivity index (χ0v) is 7.72. The van der Waals surface area contributed by atoms with E-state index < -0.39 is 5.97 Å². The molecule has 0 unspecified atom stereocenters. The molecule has 0 aliphatic heterocycles. The van der Waals surface area contributed by atoms with E-state index in [1.807, 2.05) is 18.9 Å². The van der Waals surface area contributed by atoms with Crippen LogP contribution in [-0.4, -0.2) is 11.1 Å². The molecule has 0 heterocycles. The summed E-state index contributed by atoms with van der Waals surface area (Å²) in [5.41, 5.74) is 1.43. The van der Waals surface area contributed by atoms with Gasteiger partial charge >= 0.3 is 5.97 Å². The normalized spacial score (nSPS) is 8.77. The van der Waals surface area contributed by atoms with Gasteiger partial charge < -0.3 is 5.11 Å². The van der Waals surface area contributed by atoms with Crippen LogP contribution in [0.4, 0.5) is 0 Å². The molecule has 3 heteroatoms. The largest absolute Gasteiger partial charge is 0.472 e. The second-order valence-electron chi connectivity index (χ2n) is 2.49. The molecule has 0 aromatic heterocycles. The molecule has 0 aliphatic carbocycles. The maximum Gasteiger partial charge on any atom is 0.382 e. The van der Waals surface area contributed by atoms with Crippen molar-refractivity contribution in [3.05, 3.63) is 34.3 Å². The van der Waals surface area contributed by atoms with Gasteiger partial charge in [0.1, 0.15) is 0 Å². The van der Waals surface area contributed by atoms with E-state index in [0.717, 1.165) is 5.56 Å². The number of carbonyl (C=O) groups is 1. The second kappa shape index (κ2) is 3.97. The van der Waals surface area contributed by atoms with Crippen molar-refractivity contribution < 1.29 is 9.90 Å². The average Bonchev–Trinajstić information content (AvgIpc) is 2.07. The van der Waals surface area contributed by atoms with Crippen LogP contribution < -0.4 is 0 Å². The van der Waals surface area contributed by atoms with Gasteiger partial charge in [0.25, 0.3) is 0 Å². The maximum atomic E-state index is 10.2. The fraction of sp³-hybridized carbons (Fsp3) is 0.100. The van der Waals surface area contributed by atoms with E-state index in [-0.39, 0.29) is 0 Å². The van der Waals surface area contributed by atoms with Crippen LogP contribution >= 0.6 is 11.6 Å². The van der Waals surface area contributed by atoms with Crippen molar-refractivity contribution in [2.24, 2.45) is 0 Å². The van der Waals surface area contributed by atoms with Gasteiger partial charge in [0, 0.05) is 11.5 Å². The van der Waals surface area contributed by atoms with E-state index in [2.05, 4.69) is 5.92 Å².